The maximum atomic E-state index is 12.8. The lowest BCUT2D eigenvalue weighted by Crippen LogP contribution is -1.96. The van der Waals surface area contributed by atoms with Crippen LogP contribution in [0.4, 0.5) is 4.39 Å². The number of ether oxygens (including phenoxy) is 1. The molecule has 0 saturated heterocycles. The zero-order chi connectivity index (χ0) is 10.4. The first-order chi connectivity index (χ1) is 6.74. The summed E-state index contributed by atoms with van der Waals surface area (Å²) in [6.45, 7) is 2.25. The van der Waals surface area contributed by atoms with Crippen LogP contribution in [0.1, 0.15) is 13.3 Å². The summed E-state index contributed by atoms with van der Waals surface area (Å²) in [5, 5.41) is 0. The van der Waals surface area contributed by atoms with Crippen LogP contribution < -0.4 is 4.74 Å². The van der Waals surface area contributed by atoms with Gasteiger partial charge in [-0.2, -0.15) is 0 Å². The second kappa shape index (κ2) is 5.66. The Kier molecular flexibility index (Phi) is 4.48. The molecule has 1 aromatic rings. The van der Waals surface area contributed by atoms with Gasteiger partial charge in [0.05, 0.1) is 11.1 Å². The maximum absolute atomic E-state index is 12.8. The molecule has 14 heavy (non-hydrogen) atoms. The third-order valence-electron chi connectivity index (χ3n) is 1.55. The van der Waals surface area contributed by atoms with Gasteiger partial charge in [-0.1, -0.05) is 0 Å². The Labute approximate surface area is 91.4 Å². The first-order valence-corrected chi connectivity index (χ1v) is 5.01. The highest BCUT2D eigenvalue weighted by molar-refractivity contribution is 9.10. The number of benzene rings is 1. The highest BCUT2D eigenvalue weighted by Gasteiger charge is 2.01. The van der Waals surface area contributed by atoms with Gasteiger partial charge in [0.1, 0.15) is 11.6 Å². The topological polar surface area (TPSA) is 9.23 Å². The molecule has 0 fully saturated rings. The van der Waals surface area contributed by atoms with E-state index < -0.39 is 0 Å². The Morgan fingerprint density at radius 3 is 3.00 bits per heavy atom. The Morgan fingerprint density at radius 2 is 2.29 bits per heavy atom. The van der Waals surface area contributed by atoms with E-state index in [1.807, 2.05) is 0 Å². The fraction of sp³-hybridized carbons (Fsp3) is 0.273. The lowest BCUT2D eigenvalue weighted by Gasteiger charge is -2.05. The molecule has 0 atom stereocenters. The molecular formula is C11H10BrFO. The Bertz CT molecular complexity index is 365. The first-order valence-electron chi connectivity index (χ1n) is 4.21. The van der Waals surface area contributed by atoms with E-state index in [2.05, 4.69) is 27.8 Å². The minimum absolute atomic E-state index is 0.301. The van der Waals surface area contributed by atoms with Crippen LogP contribution in [0.3, 0.4) is 0 Å². The molecule has 0 heterocycles. The average Bonchev–Trinajstić information content (AvgIpc) is 2.18. The zero-order valence-electron chi connectivity index (χ0n) is 7.81. The SMILES string of the molecule is CC#CCCOc1cc(F)ccc1Br. The normalized spacial score (nSPS) is 9.07. The Balaban J connectivity index is 2.56. The molecule has 74 valence electrons. The number of hydrogen-bond donors (Lipinski definition) is 0. The van der Waals surface area contributed by atoms with Crippen molar-refractivity contribution in [2.45, 2.75) is 13.3 Å². The van der Waals surface area contributed by atoms with Crippen LogP contribution in [0.25, 0.3) is 0 Å². The van der Waals surface area contributed by atoms with E-state index in [4.69, 9.17) is 4.74 Å². The largest absolute Gasteiger partial charge is 0.491 e. The number of halogens is 2. The van der Waals surface area contributed by atoms with Crippen molar-refractivity contribution in [1.29, 1.82) is 0 Å². The zero-order valence-corrected chi connectivity index (χ0v) is 9.40. The van der Waals surface area contributed by atoms with Crippen molar-refractivity contribution in [2.75, 3.05) is 6.61 Å². The summed E-state index contributed by atoms with van der Waals surface area (Å²) >= 11 is 3.27. The van der Waals surface area contributed by atoms with E-state index in [-0.39, 0.29) is 5.82 Å². The van der Waals surface area contributed by atoms with Crippen molar-refractivity contribution in [3.05, 3.63) is 28.5 Å². The van der Waals surface area contributed by atoms with E-state index >= 15 is 0 Å². The van der Waals surface area contributed by atoms with Crippen LogP contribution >= 0.6 is 15.9 Å². The van der Waals surface area contributed by atoms with Crippen LogP contribution in [0.15, 0.2) is 22.7 Å². The summed E-state index contributed by atoms with van der Waals surface area (Å²) in [6, 6.07) is 4.35. The molecule has 0 aromatic heterocycles. The molecule has 0 radical (unpaired) electrons. The van der Waals surface area contributed by atoms with E-state index in [0.717, 1.165) is 4.47 Å². The van der Waals surface area contributed by atoms with Gasteiger partial charge in [-0.25, -0.2) is 4.39 Å². The van der Waals surface area contributed by atoms with E-state index in [1.54, 1.807) is 13.0 Å². The van der Waals surface area contributed by atoms with Gasteiger partial charge in [-0.05, 0) is 35.0 Å². The fourth-order valence-electron chi connectivity index (χ4n) is 0.925. The van der Waals surface area contributed by atoms with Crippen molar-refractivity contribution >= 4 is 15.9 Å². The Hall–Kier alpha value is -1.01. The summed E-state index contributed by atoms with van der Waals surface area (Å²) in [5.74, 6) is 5.85. The van der Waals surface area contributed by atoms with Crippen molar-refractivity contribution in [3.8, 4) is 17.6 Å². The van der Waals surface area contributed by atoms with Crippen molar-refractivity contribution < 1.29 is 9.13 Å². The van der Waals surface area contributed by atoms with Gasteiger partial charge in [-0.15, -0.1) is 11.8 Å². The molecule has 3 heteroatoms. The molecule has 0 N–H and O–H groups in total. The summed E-state index contributed by atoms with van der Waals surface area (Å²) in [6.07, 6.45) is 0.652. The predicted octanol–water partition coefficient (Wildman–Crippen LogP) is 3.38. The van der Waals surface area contributed by atoms with Crippen molar-refractivity contribution in [3.63, 3.8) is 0 Å². The van der Waals surface area contributed by atoms with Gasteiger partial charge in [0.15, 0.2) is 0 Å². The molecule has 0 aliphatic rings. The van der Waals surface area contributed by atoms with E-state index in [0.29, 0.717) is 18.8 Å². The molecular weight excluding hydrogens is 247 g/mol. The van der Waals surface area contributed by atoms with Gasteiger partial charge >= 0.3 is 0 Å². The van der Waals surface area contributed by atoms with Crippen LogP contribution in [-0.2, 0) is 0 Å². The van der Waals surface area contributed by atoms with Gasteiger partial charge in [0.25, 0.3) is 0 Å². The predicted molar refractivity (Wildman–Crippen MR) is 57.7 cm³/mol. The second-order valence-corrected chi connectivity index (χ2v) is 3.45. The van der Waals surface area contributed by atoms with Crippen molar-refractivity contribution in [2.24, 2.45) is 0 Å². The van der Waals surface area contributed by atoms with Gasteiger partial charge in [-0.3, -0.25) is 0 Å². The molecule has 0 spiro atoms. The van der Waals surface area contributed by atoms with E-state index in [1.165, 1.54) is 12.1 Å². The fourth-order valence-corrected chi connectivity index (χ4v) is 1.29. The molecule has 1 rings (SSSR count). The smallest absolute Gasteiger partial charge is 0.136 e. The average molecular weight is 257 g/mol. The number of rotatable bonds is 3. The molecule has 1 nitrogen and oxygen atoms in total. The third kappa shape index (κ3) is 3.39. The van der Waals surface area contributed by atoms with Crippen LogP contribution in [0, 0.1) is 17.7 Å². The molecule has 0 aliphatic carbocycles. The minimum Gasteiger partial charge on any atom is -0.491 e. The lowest BCUT2D eigenvalue weighted by atomic mass is 10.3. The van der Waals surface area contributed by atoms with Crippen LogP contribution in [-0.4, -0.2) is 6.61 Å². The highest BCUT2D eigenvalue weighted by atomic mass is 79.9. The summed E-state index contributed by atoms with van der Waals surface area (Å²) < 4.78 is 18.9. The lowest BCUT2D eigenvalue weighted by molar-refractivity contribution is 0.323. The molecule has 0 aliphatic heterocycles. The second-order valence-electron chi connectivity index (χ2n) is 2.60. The Morgan fingerprint density at radius 1 is 1.50 bits per heavy atom. The molecule has 0 bridgehead atoms. The molecule has 0 amide bonds. The number of hydrogen-bond acceptors (Lipinski definition) is 1. The first kappa shape index (κ1) is 11.1. The quantitative estimate of drug-likeness (QED) is 0.595. The minimum atomic E-state index is -0.301. The summed E-state index contributed by atoms with van der Waals surface area (Å²) in [7, 11) is 0. The monoisotopic (exact) mass is 256 g/mol. The molecule has 0 unspecified atom stereocenters. The third-order valence-corrected chi connectivity index (χ3v) is 2.21. The maximum Gasteiger partial charge on any atom is 0.136 e. The van der Waals surface area contributed by atoms with Gasteiger partial charge in [0.2, 0.25) is 0 Å². The van der Waals surface area contributed by atoms with Gasteiger partial charge < -0.3 is 4.74 Å². The summed E-state index contributed by atoms with van der Waals surface area (Å²) in [5.41, 5.74) is 0. The van der Waals surface area contributed by atoms with Crippen LogP contribution in [0.2, 0.25) is 0 Å². The molecule has 1 aromatic carbocycles. The van der Waals surface area contributed by atoms with Crippen molar-refractivity contribution in [1.82, 2.24) is 0 Å². The van der Waals surface area contributed by atoms with Crippen LogP contribution in [0.5, 0.6) is 5.75 Å². The van der Waals surface area contributed by atoms with E-state index in [9.17, 15) is 4.39 Å². The standard InChI is InChI=1S/C11H10BrFO/c1-2-3-4-7-14-11-8-9(13)5-6-10(11)12/h5-6,8H,4,7H2,1H3. The van der Waals surface area contributed by atoms with Gasteiger partial charge in [0, 0.05) is 12.5 Å². The highest BCUT2D eigenvalue weighted by Crippen LogP contribution is 2.25. The molecule has 0 saturated carbocycles. The summed E-state index contributed by atoms with van der Waals surface area (Å²) in [4.78, 5) is 0.